The normalized spacial score (nSPS) is 23.0. The van der Waals surface area contributed by atoms with Crippen molar-refractivity contribution in [3.05, 3.63) is 59.7 Å². The van der Waals surface area contributed by atoms with E-state index in [2.05, 4.69) is 0 Å². The zero-order valence-corrected chi connectivity index (χ0v) is 20.1. The van der Waals surface area contributed by atoms with Gasteiger partial charge in [0.1, 0.15) is 11.5 Å². The van der Waals surface area contributed by atoms with Gasteiger partial charge in [0.05, 0.1) is 25.4 Å². The zero-order valence-electron chi connectivity index (χ0n) is 19.3. The predicted molar refractivity (Wildman–Crippen MR) is 120 cm³/mol. The first-order chi connectivity index (χ1) is 15.5. The third kappa shape index (κ3) is 6.04. The minimum atomic E-state index is -4.17. The quantitative estimate of drug-likeness (QED) is 0.534. The molecule has 2 aromatic rings. The molecule has 0 saturated carbocycles. The molecule has 0 aromatic heterocycles. The lowest BCUT2D eigenvalue weighted by Gasteiger charge is -2.37. The highest BCUT2D eigenvalue weighted by atomic mass is 32.3. The Morgan fingerprint density at radius 1 is 0.727 bits per heavy atom. The predicted octanol–water partition coefficient (Wildman–Crippen LogP) is 4.82. The summed E-state index contributed by atoms with van der Waals surface area (Å²) in [5, 5.41) is 0. The third-order valence-corrected chi connectivity index (χ3v) is 6.22. The van der Waals surface area contributed by atoms with Crippen LogP contribution in [0.15, 0.2) is 48.5 Å². The van der Waals surface area contributed by atoms with E-state index >= 15 is 0 Å². The number of benzene rings is 2. The molecule has 0 saturated heterocycles. The molecule has 0 fully saturated rings. The summed E-state index contributed by atoms with van der Waals surface area (Å²) >= 11 is 0. The fourth-order valence-corrected chi connectivity index (χ4v) is 4.71. The number of rotatable bonds is 8. The van der Waals surface area contributed by atoms with Crippen molar-refractivity contribution >= 4 is 10.4 Å². The highest BCUT2D eigenvalue weighted by molar-refractivity contribution is 7.81. The minimum absolute atomic E-state index is 0.0823. The maximum atomic E-state index is 12.3. The van der Waals surface area contributed by atoms with E-state index in [1.54, 1.807) is 0 Å². The monoisotopic (exact) mass is 478 g/mol. The van der Waals surface area contributed by atoms with E-state index in [1.807, 2.05) is 76.2 Å². The lowest BCUT2D eigenvalue weighted by molar-refractivity contribution is -0.209. The average molecular weight is 479 g/mol. The summed E-state index contributed by atoms with van der Waals surface area (Å²) in [6.45, 7) is 7.09. The van der Waals surface area contributed by atoms with Gasteiger partial charge in [-0.3, -0.25) is 0 Å². The van der Waals surface area contributed by atoms with Crippen molar-refractivity contribution in [3.8, 4) is 11.5 Å². The molecule has 0 amide bonds. The van der Waals surface area contributed by atoms with Crippen molar-refractivity contribution in [2.45, 2.75) is 64.3 Å². The highest BCUT2D eigenvalue weighted by Gasteiger charge is 2.35. The number of para-hydroxylation sites is 2. The van der Waals surface area contributed by atoms with Crippen LogP contribution in [0.1, 0.15) is 63.9 Å². The largest absolute Gasteiger partial charge is 0.463 e. The van der Waals surface area contributed by atoms with Crippen molar-refractivity contribution in [2.75, 3.05) is 13.2 Å². The van der Waals surface area contributed by atoms with E-state index in [4.69, 9.17) is 27.3 Å². The summed E-state index contributed by atoms with van der Waals surface area (Å²) < 4.78 is 58.3. The lowest BCUT2D eigenvalue weighted by atomic mass is 10.0. The zero-order chi connectivity index (χ0) is 23.7. The van der Waals surface area contributed by atoms with Crippen LogP contribution < -0.4 is 9.47 Å². The molecule has 2 aromatic carbocycles. The molecular formula is C24H30O8S. The van der Waals surface area contributed by atoms with Gasteiger partial charge in [-0.25, -0.2) is 8.37 Å². The number of hydrogen-bond acceptors (Lipinski definition) is 8. The summed E-state index contributed by atoms with van der Waals surface area (Å²) in [6, 6.07) is 15.1. The van der Waals surface area contributed by atoms with Gasteiger partial charge in [-0.05, 0) is 12.1 Å². The SMILES string of the molecule is CC1(C)Oc2ccccc2C(CCOS(=O)(=O)OCCC2OC(C)(C)Oc3ccccc32)O1. The van der Waals surface area contributed by atoms with E-state index in [1.165, 1.54) is 0 Å². The highest BCUT2D eigenvalue weighted by Crippen LogP contribution is 2.41. The van der Waals surface area contributed by atoms with Crippen LogP contribution in [0.5, 0.6) is 11.5 Å². The lowest BCUT2D eigenvalue weighted by Crippen LogP contribution is -2.38. The first-order valence-corrected chi connectivity index (χ1v) is 12.3. The second-order valence-electron chi connectivity index (χ2n) is 8.92. The van der Waals surface area contributed by atoms with Gasteiger partial charge in [0.2, 0.25) is 11.6 Å². The Balaban J connectivity index is 1.29. The Labute approximate surface area is 195 Å². The molecule has 4 rings (SSSR count). The Kier molecular flexibility index (Phi) is 6.70. The molecule has 8 nitrogen and oxygen atoms in total. The van der Waals surface area contributed by atoms with Gasteiger partial charge >= 0.3 is 10.4 Å². The van der Waals surface area contributed by atoms with Gasteiger partial charge in [0, 0.05) is 51.7 Å². The van der Waals surface area contributed by atoms with Crippen LogP contribution in [-0.4, -0.2) is 33.2 Å². The Bertz CT molecular complexity index is 1000. The van der Waals surface area contributed by atoms with E-state index in [9.17, 15) is 8.42 Å². The summed E-state index contributed by atoms with van der Waals surface area (Å²) in [4.78, 5) is 0. The van der Waals surface area contributed by atoms with E-state index in [0.717, 1.165) is 22.6 Å². The molecule has 0 spiro atoms. The second-order valence-corrected chi connectivity index (χ2v) is 10.2. The molecule has 2 aliphatic heterocycles. The summed E-state index contributed by atoms with van der Waals surface area (Å²) in [6.07, 6.45) is -0.0438. The van der Waals surface area contributed by atoms with Gasteiger partial charge in [0.25, 0.3) is 0 Å². The molecule has 2 aliphatic rings. The van der Waals surface area contributed by atoms with Crippen molar-refractivity contribution < 1.29 is 35.7 Å². The average Bonchev–Trinajstić information content (AvgIpc) is 2.72. The fourth-order valence-electron chi connectivity index (χ4n) is 4.05. The van der Waals surface area contributed by atoms with Crippen LogP contribution in [0, 0.1) is 0 Å². The third-order valence-electron chi connectivity index (χ3n) is 5.31. The summed E-state index contributed by atoms with van der Waals surface area (Å²) in [7, 11) is -4.17. The molecule has 2 unspecified atom stereocenters. The van der Waals surface area contributed by atoms with Crippen molar-refractivity contribution in [1.82, 2.24) is 0 Å². The molecule has 0 bridgehead atoms. The summed E-state index contributed by atoms with van der Waals surface area (Å²) in [5.41, 5.74) is 1.72. The number of ether oxygens (including phenoxy) is 4. The topological polar surface area (TPSA) is 89.5 Å². The Hall–Kier alpha value is -2.17. The molecule has 33 heavy (non-hydrogen) atoms. The van der Waals surface area contributed by atoms with Gasteiger partial charge in [-0.1, -0.05) is 36.4 Å². The first kappa shape index (κ1) is 24.0. The molecule has 2 atom stereocenters. The molecule has 0 aliphatic carbocycles. The first-order valence-electron chi connectivity index (χ1n) is 11.0. The number of fused-ring (bicyclic) bond motifs is 2. The van der Waals surface area contributed by atoms with Crippen LogP contribution in [-0.2, 0) is 28.2 Å². The maximum absolute atomic E-state index is 12.3. The van der Waals surface area contributed by atoms with Crippen molar-refractivity contribution in [1.29, 1.82) is 0 Å². The smallest absolute Gasteiger partial charge is 0.399 e. The van der Waals surface area contributed by atoms with Crippen LogP contribution in [0.3, 0.4) is 0 Å². The molecular weight excluding hydrogens is 448 g/mol. The fraction of sp³-hybridized carbons (Fsp3) is 0.500. The molecule has 2 heterocycles. The van der Waals surface area contributed by atoms with Gasteiger partial charge < -0.3 is 18.9 Å². The standard InChI is InChI=1S/C24H30O8S/c1-23(2)29-19-11-7-5-9-17(19)21(31-23)13-15-27-33(25,26)28-16-14-22-18-10-6-8-12-20(18)30-24(3,4)32-22/h5-12,21-22H,13-16H2,1-4H3. The molecule has 9 heteroatoms. The maximum Gasteiger partial charge on any atom is 0.399 e. The van der Waals surface area contributed by atoms with Crippen molar-refractivity contribution in [2.24, 2.45) is 0 Å². The van der Waals surface area contributed by atoms with E-state index < -0.39 is 22.0 Å². The van der Waals surface area contributed by atoms with Crippen LogP contribution in [0.4, 0.5) is 0 Å². The second kappa shape index (κ2) is 9.23. The Morgan fingerprint density at radius 3 is 1.55 bits per heavy atom. The summed E-state index contributed by atoms with van der Waals surface area (Å²) in [5.74, 6) is -0.195. The molecule has 180 valence electrons. The minimum Gasteiger partial charge on any atom is -0.463 e. The van der Waals surface area contributed by atoms with Gasteiger partial charge in [-0.2, -0.15) is 8.42 Å². The van der Waals surface area contributed by atoms with Crippen LogP contribution in [0.25, 0.3) is 0 Å². The van der Waals surface area contributed by atoms with E-state index in [-0.39, 0.29) is 25.4 Å². The van der Waals surface area contributed by atoms with Crippen molar-refractivity contribution in [3.63, 3.8) is 0 Å². The van der Waals surface area contributed by atoms with Gasteiger partial charge in [-0.15, -0.1) is 0 Å². The molecule has 0 N–H and O–H groups in total. The van der Waals surface area contributed by atoms with E-state index in [0.29, 0.717) is 12.8 Å². The van der Waals surface area contributed by atoms with Crippen LogP contribution in [0.2, 0.25) is 0 Å². The Morgan fingerprint density at radius 2 is 1.12 bits per heavy atom. The molecule has 0 radical (unpaired) electrons. The van der Waals surface area contributed by atoms with Gasteiger partial charge in [0.15, 0.2) is 0 Å². The number of hydrogen-bond donors (Lipinski definition) is 0. The van der Waals surface area contributed by atoms with Crippen LogP contribution >= 0.6 is 0 Å².